The summed E-state index contributed by atoms with van der Waals surface area (Å²) in [6.45, 7) is 17.4. The number of rotatable bonds is 14. The van der Waals surface area contributed by atoms with Crippen molar-refractivity contribution in [3.05, 3.63) is 0 Å². The molecule has 0 atom stereocenters. The molecule has 0 aromatic heterocycles. The number of hydrogen-bond acceptors (Lipinski definition) is 1. The van der Waals surface area contributed by atoms with Gasteiger partial charge in [-0.25, -0.2) is 0 Å². The van der Waals surface area contributed by atoms with E-state index in [0.717, 1.165) is 5.54 Å². The van der Waals surface area contributed by atoms with Crippen LogP contribution in [-0.2, 0) is 0 Å². The van der Waals surface area contributed by atoms with E-state index in [1.807, 2.05) is 0 Å². The van der Waals surface area contributed by atoms with Gasteiger partial charge in [0.15, 0.2) is 0 Å². The molecule has 1 nitrogen and oxygen atoms in total. The minimum absolute atomic E-state index is 1.01. The fourth-order valence-electron chi connectivity index (χ4n) is 3.40. The maximum absolute atomic E-state index is 2.95. The van der Waals surface area contributed by atoms with E-state index in [4.69, 9.17) is 0 Å². The molecular weight excluding hydrogens is 270 g/mol. The second-order valence-corrected chi connectivity index (χ2v) is 12.1. The maximum Gasteiger partial charge on any atom is 0.125 e. The molecule has 0 fully saturated rings. The second-order valence-electron chi connectivity index (χ2n) is 7.33. The van der Waals surface area contributed by atoms with Crippen molar-refractivity contribution in [2.75, 3.05) is 13.1 Å². The molecule has 21 heavy (non-hydrogen) atoms. The van der Waals surface area contributed by atoms with Crippen LogP contribution in [0.3, 0.4) is 0 Å². The molecule has 0 aromatic carbocycles. The predicted octanol–water partition coefficient (Wildman–Crippen LogP) is 6.84. The molecule has 0 aliphatic carbocycles. The summed E-state index contributed by atoms with van der Waals surface area (Å²) in [5.74, 6) is 0. The second kappa shape index (κ2) is 12.7. The predicted molar refractivity (Wildman–Crippen MR) is 102 cm³/mol. The van der Waals surface area contributed by atoms with Crippen LogP contribution < -0.4 is 0 Å². The Balaban J connectivity index is 4.84. The monoisotopic (exact) mass is 313 g/mol. The minimum atomic E-state index is -1.28. The molecule has 0 unspecified atom stereocenters. The zero-order valence-electron chi connectivity index (χ0n) is 16.0. The van der Waals surface area contributed by atoms with Gasteiger partial charge < -0.3 is 4.57 Å². The molecule has 0 N–H and O–H groups in total. The fourth-order valence-corrected chi connectivity index (χ4v) is 7.20. The molecule has 0 aliphatic heterocycles. The lowest BCUT2D eigenvalue weighted by Gasteiger charge is -2.43. The summed E-state index contributed by atoms with van der Waals surface area (Å²) in [5, 5.41) is 0. The molecule has 0 heterocycles. The first-order chi connectivity index (χ1) is 10.0. The quantitative estimate of drug-likeness (QED) is 0.317. The van der Waals surface area contributed by atoms with Crippen LogP contribution in [-0.4, -0.2) is 25.9 Å². The van der Waals surface area contributed by atoms with Gasteiger partial charge in [0, 0.05) is 0 Å². The minimum Gasteiger partial charge on any atom is -0.323 e. The lowest BCUT2D eigenvalue weighted by atomic mass is 10.1. The van der Waals surface area contributed by atoms with Crippen LogP contribution in [0.15, 0.2) is 0 Å². The molecule has 0 radical (unpaired) electrons. The maximum atomic E-state index is 2.95. The number of unbranched alkanes of at least 4 members (excludes halogenated alkanes) is 4. The standard InChI is InChI=1S/C19H43NSi/c1-7-11-15-19(16-12-8-2)21(5,6)20(17-13-9-3)18-14-10-4/h19H,7-18H2,1-6H3. The highest BCUT2D eigenvalue weighted by molar-refractivity contribution is 6.76. The molecule has 0 spiro atoms. The van der Waals surface area contributed by atoms with Gasteiger partial charge in [-0.2, -0.15) is 0 Å². The normalized spacial score (nSPS) is 12.6. The van der Waals surface area contributed by atoms with Crippen molar-refractivity contribution < 1.29 is 0 Å². The van der Waals surface area contributed by atoms with Gasteiger partial charge in [-0.15, -0.1) is 0 Å². The Hall–Kier alpha value is 0.177. The first-order valence-corrected chi connectivity index (χ1v) is 12.8. The first kappa shape index (κ1) is 21.2. The molecule has 0 saturated carbocycles. The van der Waals surface area contributed by atoms with Gasteiger partial charge in [0.05, 0.1) is 0 Å². The van der Waals surface area contributed by atoms with Gasteiger partial charge in [0.1, 0.15) is 8.24 Å². The van der Waals surface area contributed by atoms with Crippen molar-refractivity contribution in [2.45, 2.75) is 111 Å². The summed E-state index contributed by atoms with van der Waals surface area (Å²) < 4.78 is 2.95. The van der Waals surface area contributed by atoms with E-state index in [1.165, 1.54) is 77.3 Å². The van der Waals surface area contributed by atoms with Crippen LogP contribution in [0, 0.1) is 0 Å². The van der Waals surface area contributed by atoms with Crippen molar-refractivity contribution in [3.63, 3.8) is 0 Å². The molecule has 0 amide bonds. The molecular formula is C19H43NSi. The molecule has 0 bridgehead atoms. The molecule has 0 rings (SSSR count). The fraction of sp³-hybridized carbons (Fsp3) is 1.00. The van der Waals surface area contributed by atoms with Gasteiger partial charge in [0.25, 0.3) is 0 Å². The van der Waals surface area contributed by atoms with Crippen LogP contribution >= 0.6 is 0 Å². The third-order valence-corrected chi connectivity index (χ3v) is 9.84. The number of nitrogens with zero attached hydrogens (tertiary/aromatic N) is 1. The highest BCUT2D eigenvalue weighted by atomic mass is 28.3. The number of hydrogen-bond donors (Lipinski definition) is 0. The Morgan fingerprint density at radius 2 is 1.05 bits per heavy atom. The summed E-state index contributed by atoms with van der Waals surface area (Å²) >= 11 is 0. The van der Waals surface area contributed by atoms with E-state index in [-0.39, 0.29) is 0 Å². The van der Waals surface area contributed by atoms with Gasteiger partial charge in [-0.3, -0.25) is 0 Å². The van der Waals surface area contributed by atoms with Crippen LogP contribution in [0.25, 0.3) is 0 Å². The van der Waals surface area contributed by atoms with Gasteiger partial charge in [-0.05, 0) is 31.5 Å². The Morgan fingerprint density at radius 1 is 0.667 bits per heavy atom. The summed E-state index contributed by atoms with van der Waals surface area (Å²) in [7, 11) is -1.28. The zero-order valence-corrected chi connectivity index (χ0v) is 17.0. The first-order valence-electron chi connectivity index (χ1n) is 9.79. The van der Waals surface area contributed by atoms with E-state index in [0.29, 0.717) is 0 Å². The van der Waals surface area contributed by atoms with Gasteiger partial charge >= 0.3 is 0 Å². The van der Waals surface area contributed by atoms with Crippen molar-refractivity contribution in [1.29, 1.82) is 0 Å². The topological polar surface area (TPSA) is 3.24 Å². The lowest BCUT2D eigenvalue weighted by molar-refractivity contribution is 0.382. The van der Waals surface area contributed by atoms with Gasteiger partial charge in [0.2, 0.25) is 0 Å². The van der Waals surface area contributed by atoms with Crippen molar-refractivity contribution in [3.8, 4) is 0 Å². The van der Waals surface area contributed by atoms with E-state index in [2.05, 4.69) is 45.4 Å². The van der Waals surface area contributed by atoms with Crippen molar-refractivity contribution in [1.82, 2.24) is 4.57 Å². The third kappa shape index (κ3) is 8.40. The summed E-state index contributed by atoms with van der Waals surface area (Å²) in [6, 6.07) is 0. The lowest BCUT2D eigenvalue weighted by Crippen LogP contribution is -2.53. The Morgan fingerprint density at radius 3 is 1.38 bits per heavy atom. The van der Waals surface area contributed by atoms with Crippen LogP contribution in [0.5, 0.6) is 0 Å². The zero-order chi connectivity index (χ0) is 16.1. The third-order valence-electron chi connectivity index (χ3n) is 5.19. The van der Waals surface area contributed by atoms with Crippen molar-refractivity contribution in [2.24, 2.45) is 0 Å². The molecule has 2 heteroatoms. The SMILES string of the molecule is CCCCC(CCCC)[Si](C)(C)N(CCCC)CCCC. The Labute approximate surface area is 137 Å². The average molecular weight is 314 g/mol. The Kier molecular flexibility index (Phi) is 12.8. The van der Waals surface area contributed by atoms with E-state index in [9.17, 15) is 0 Å². The molecule has 128 valence electrons. The molecule has 0 aromatic rings. The van der Waals surface area contributed by atoms with Crippen LogP contribution in [0.4, 0.5) is 0 Å². The summed E-state index contributed by atoms with van der Waals surface area (Å²) in [4.78, 5) is 0. The van der Waals surface area contributed by atoms with E-state index < -0.39 is 8.24 Å². The average Bonchev–Trinajstić information content (AvgIpc) is 2.47. The highest BCUT2D eigenvalue weighted by Crippen LogP contribution is 2.35. The molecule has 0 saturated heterocycles. The largest absolute Gasteiger partial charge is 0.323 e. The van der Waals surface area contributed by atoms with Gasteiger partial charge in [-0.1, -0.05) is 92.2 Å². The smallest absolute Gasteiger partial charge is 0.125 e. The Bertz CT molecular complexity index is 190. The molecule has 0 aliphatic rings. The van der Waals surface area contributed by atoms with E-state index in [1.54, 1.807) is 0 Å². The highest BCUT2D eigenvalue weighted by Gasteiger charge is 2.36. The van der Waals surface area contributed by atoms with Crippen LogP contribution in [0.2, 0.25) is 18.6 Å². The summed E-state index contributed by atoms with van der Waals surface area (Å²) in [5.41, 5.74) is 1.01. The van der Waals surface area contributed by atoms with Crippen LogP contribution in [0.1, 0.15) is 91.9 Å². The van der Waals surface area contributed by atoms with Crippen molar-refractivity contribution >= 4 is 8.24 Å². The summed E-state index contributed by atoms with van der Waals surface area (Å²) in [6.07, 6.45) is 14.0. The van der Waals surface area contributed by atoms with E-state index >= 15 is 0 Å².